The maximum Gasteiger partial charge on any atom is 0.435 e. The molecule has 11 heteroatoms. The molecule has 0 radical (unpaired) electrons. The number of anilines is 2. The summed E-state index contributed by atoms with van der Waals surface area (Å²) in [6, 6.07) is 10.9. The Balaban J connectivity index is 1.60. The molecule has 0 bridgehead atoms. The van der Waals surface area contributed by atoms with Crippen molar-refractivity contribution in [3.05, 3.63) is 48.9 Å². The fourth-order valence-corrected chi connectivity index (χ4v) is 3.62. The van der Waals surface area contributed by atoms with Crippen LogP contribution in [-0.2, 0) is 16.6 Å². The predicted molar refractivity (Wildman–Crippen MR) is 130 cm³/mol. The number of imidazole rings is 1. The van der Waals surface area contributed by atoms with E-state index in [0.29, 0.717) is 28.8 Å². The molecule has 0 aliphatic rings. The van der Waals surface area contributed by atoms with Gasteiger partial charge in [-0.05, 0) is 63.3 Å². The van der Waals surface area contributed by atoms with Crippen LogP contribution in [-0.4, -0.2) is 42.5 Å². The highest BCUT2D eigenvalue weighted by atomic mass is 32.1. The minimum absolute atomic E-state index is 0.235. The van der Waals surface area contributed by atoms with Gasteiger partial charge in [-0.2, -0.15) is 9.78 Å². The van der Waals surface area contributed by atoms with E-state index in [-0.39, 0.29) is 5.11 Å². The van der Waals surface area contributed by atoms with Crippen molar-refractivity contribution in [2.75, 3.05) is 10.3 Å². The maximum atomic E-state index is 12.4. The summed E-state index contributed by atoms with van der Waals surface area (Å²) >= 11 is 5.57. The number of hydrazine groups is 1. The number of ether oxygens (including phenoxy) is 1. The van der Waals surface area contributed by atoms with E-state index < -0.39 is 11.7 Å². The van der Waals surface area contributed by atoms with Crippen molar-refractivity contribution < 1.29 is 14.3 Å². The van der Waals surface area contributed by atoms with Crippen molar-refractivity contribution in [2.45, 2.75) is 26.4 Å². The fourth-order valence-electron chi connectivity index (χ4n) is 3.35. The van der Waals surface area contributed by atoms with E-state index in [1.165, 1.54) is 9.69 Å². The number of hydrogen-bond donors (Lipinski definition) is 2. The molecule has 170 valence electrons. The molecule has 0 saturated heterocycles. The lowest BCUT2D eigenvalue weighted by Crippen LogP contribution is -2.45. The summed E-state index contributed by atoms with van der Waals surface area (Å²) < 4.78 is 8.49. The van der Waals surface area contributed by atoms with Gasteiger partial charge in [0.2, 0.25) is 6.41 Å². The first-order valence-electron chi connectivity index (χ1n) is 10.1. The maximum absolute atomic E-state index is 12.4. The van der Waals surface area contributed by atoms with Crippen LogP contribution in [0.4, 0.5) is 16.2 Å². The summed E-state index contributed by atoms with van der Waals surface area (Å²) in [6.45, 7) is 5.39. The molecule has 0 aliphatic heterocycles. The molecule has 0 aliphatic carbocycles. The Kier molecular flexibility index (Phi) is 5.73. The minimum atomic E-state index is -0.630. The average molecular weight is 466 g/mol. The van der Waals surface area contributed by atoms with Crippen molar-refractivity contribution in [2.24, 2.45) is 7.05 Å². The van der Waals surface area contributed by atoms with E-state index in [2.05, 4.69) is 20.8 Å². The number of carbonyl (C=O) groups is 2. The number of rotatable bonds is 4. The van der Waals surface area contributed by atoms with Crippen LogP contribution >= 0.6 is 12.2 Å². The Morgan fingerprint density at radius 3 is 2.73 bits per heavy atom. The van der Waals surface area contributed by atoms with Crippen molar-refractivity contribution in [1.29, 1.82) is 0 Å². The lowest BCUT2D eigenvalue weighted by Gasteiger charge is -2.24. The van der Waals surface area contributed by atoms with Gasteiger partial charge in [-0.25, -0.2) is 14.8 Å². The van der Waals surface area contributed by atoms with Gasteiger partial charge in [-0.3, -0.25) is 10.2 Å². The number of benzene rings is 2. The molecule has 4 aromatic rings. The molecular weight excluding hydrogens is 442 g/mol. The number of aromatic nitrogens is 4. The molecule has 0 unspecified atom stereocenters. The Morgan fingerprint density at radius 2 is 2.00 bits per heavy atom. The zero-order chi connectivity index (χ0) is 23.8. The van der Waals surface area contributed by atoms with Crippen molar-refractivity contribution in [3.63, 3.8) is 0 Å². The van der Waals surface area contributed by atoms with Crippen LogP contribution in [0.25, 0.3) is 21.9 Å². The minimum Gasteiger partial charge on any atom is -0.442 e. The quantitative estimate of drug-likeness (QED) is 0.268. The highest BCUT2D eigenvalue weighted by Gasteiger charge is 2.21. The summed E-state index contributed by atoms with van der Waals surface area (Å²) in [5.74, 6) is 0. The first kappa shape index (κ1) is 22.2. The Hall–Kier alpha value is -3.99. The third kappa shape index (κ3) is 4.48. The van der Waals surface area contributed by atoms with E-state index in [0.717, 1.165) is 10.9 Å². The molecule has 1 amide bonds. The molecule has 0 spiro atoms. The smallest absolute Gasteiger partial charge is 0.435 e. The highest BCUT2D eigenvalue weighted by molar-refractivity contribution is 7.80. The predicted octanol–water partition coefficient (Wildman–Crippen LogP) is 3.57. The van der Waals surface area contributed by atoms with E-state index >= 15 is 0 Å². The largest absolute Gasteiger partial charge is 0.442 e. The number of nitrogens with zero attached hydrogens (tertiary/aromatic N) is 5. The second kappa shape index (κ2) is 8.51. The Morgan fingerprint density at radius 1 is 1.21 bits per heavy atom. The van der Waals surface area contributed by atoms with Crippen LogP contribution in [0.15, 0.2) is 48.9 Å². The van der Waals surface area contributed by atoms with Crippen LogP contribution < -0.4 is 15.8 Å². The molecule has 10 nitrogen and oxygen atoms in total. The topological polar surface area (TPSA) is 106 Å². The van der Waals surface area contributed by atoms with E-state index in [4.69, 9.17) is 17.0 Å². The third-order valence-corrected chi connectivity index (χ3v) is 5.03. The molecule has 0 saturated carbocycles. The van der Waals surface area contributed by atoms with E-state index in [1.807, 2.05) is 29.8 Å². The van der Waals surface area contributed by atoms with Crippen molar-refractivity contribution in [3.8, 4) is 0 Å². The second-order valence-electron chi connectivity index (χ2n) is 8.32. The first-order chi connectivity index (χ1) is 15.7. The van der Waals surface area contributed by atoms with Gasteiger partial charge in [0, 0.05) is 18.1 Å². The molecule has 0 fully saturated rings. The summed E-state index contributed by atoms with van der Waals surface area (Å²) in [5, 5.41) is 9.67. The van der Waals surface area contributed by atoms with Crippen LogP contribution in [0, 0.1) is 0 Å². The molecule has 2 N–H and O–H groups in total. The monoisotopic (exact) mass is 465 g/mol. The average Bonchev–Trinajstić information content (AvgIpc) is 3.34. The van der Waals surface area contributed by atoms with E-state index in [9.17, 15) is 9.59 Å². The normalized spacial score (nSPS) is 11.4. The van der Waals surface area contributed by atoms with Gasteiger partial charge < -0.3 is 14.6 Å². The van der Waals surface area contributed by atoms with Crippen molar-refractivity contribution >= 4 is 63.1 Å². The zero-order valence-corrected chi connectivity index (χ0v) is 19.4. The number of thiocarbonyl (C=S) groups is 1. The number of nitrogens with one attached hydrogen (secondary N) is 2. The number of carbonyl (C=O) groups excluding carboxylic acids is 2. The van der Waals surface area contributed by atoms with E-state index in [1.54, 1.807) is 51.5 Å². The Bertz CT molecular complexity index is 1370. The Labute approximate surface area is 195 Å². The lowest BCUT2D eigenvalue weighted by molar-refractivity contribution is -0.109. The number of fused-ring (bicyclic) bond motifs is 2. The van der Waals surface area contributed by atoms with Gasteiger partial charge in [-0.15, -0.1) is 0 Å². The standard InChI is InChI=1S/C22H23N7O3S/c1-22(2,3)32-21(31)29-16-9-8-15(10-14(16)11-24-29)26-20(33)28(25-13-30)18-7-5-6-17-19(18)23-12-27(17)4/h5-13H,1-4H3,(H,25,30)(H,26,33). The fraction of sp³-hybridized carbons (Fsp3) is 0.227. The number of hydrogen-bond acceptors (Lipinski definition) is 6. The summed E-state index contributed by atoms with van der Waals surface area (Å²) in [4.78, 5) is 28.1. The summed E-state index contributed by atoms with van der Waals surface area (Å²) in [5.41, 5.74) is 5.45. The van der Waals surface area contributed by atoms with Crippen LogP contribution in [0.3, 0.4) is 0 Å². The van der Waals surface area contributed by atoms with Gasteiger partial charge in [0.1, 0.15) is 11.1 Å². The van der Waals surface area contributed by atoms with Gasteiger partial charge in [0.15, 0.2) is 5.11 Å². The molecule has 2 aromatic carbocycles. The van der Waals surface area contributed by atoms with Crippen molar-refractivity contribution in [1.82, 2.24) is 24.8 Å². The SMILES string of the molecule is Cn1cnc2c(N(NC=O)C(=S)Nc3ccc4c(cnn4C(=O)OC(C)(C)C)c3)cccc21. The number of para-hydroxylation sites is 1. The van der Waals surface area contributed by atoms with Gasteiger partial charge in [0.05, 0.1) is 29.2 Å². The molecular formula is C22H23N7O3S. The van der Waals surface area contributed by atoms with Crippen LogP contribution in [0.1, 0.15) is 20.8 Å². The second-order valence-corrected chi connectivity index (χ2v) is 8.71. The van der Waals surface area contributed by atoms with Gasteiger partial charge in [-0.1, -0.05) is 6.07 Å². The molecule has 0 atom stereocenters. The number of aryl methyl sites for hydroxylation is 1. The van der Waals surface area contributed by atoms with Gasteiger partial charge >= 0.3 is 6.09 Å². The van der Waals surface area contributed by atoms with Gasteiger partial charge in [0.25, 0.3) is 0 Å². The highest BCUT2D eigenvalue weighted by Crippen LogP contribution is 2.26. The molecule has 33 heavy (non-hydrogen) atoms. The molecule has 2 heterocycles. The van der Waals surface area contributed by atoms with Crippen LogP contribution in [0.2, 0.25) is 0 Å². The zero-order valence-electron chi connectivity index (χ0n) is 18.6. The van der Waals surface area contributed by atoms with Crippen LogP contribution in [0.5, 0.6) is 0 Å². The number of amides is 1. The lowest BCUT2D eigenvalue weighted by atomic mass is 10.2. The summed E-state index contributed by atoms with van der Waals surface area (Å²) in [6.07, 6.45) is 3.26. The molecule has 2 aromatic heterocycles. The molecule has 4 rings (SSSR count). The third-order valence-electron chi connectivity index (χ3n) is 4.74. The summed E-state index contributed by atoms with van der Waals surface area (Å²) in [7, 11) is 1.89. The first-order valence-corrected chi connectivity index (χ1v) is 10.5.